The first-order chi connectivity index (χ1) is 12.8. The van der Waals surface area contributed by atoms with Gasteiger partial charge >= 0.3 is 0 Å². The lowest BCUT2D eigenvalue weighted by atomic mass is 10.3. The number of morpholine rings is 1. The van der Waals surface area contributed by atoms with E-state index in [2.05, 4.69) is 10.2 Å². The van der Waals surface area contributed by atoms with Crippen LogP contribution in [0.1, 0.15) is 6.42 Å². The molecule has 0 aromatic heterocycles. The smallest absolute Gasteiger partial charge is 0.247 e. The predicted octanol–water partition coefficient (Wildman–Crippen LogP) is 0.808. The van der Waals surface area contributed by atoms with Gasteiger partial charge in [-0.2, -0.15) is 4.31 Å². The molecular weight excluding hydrogens is 394 g/mol. The average Bonchev–Trinajstić information content (AvgIpc) is 2.66. The summed E-state index contributed by atoms with van der Waals surface area (Å²) in [4.78, 5) is 14.3. The lowest BCUT2D eigenvalue weighted by Crippen LogP contribution is -2.40. The van der Waals surface area contributed by atoms with E-state index < -0.39 is 10.0 Å². The molecule has 1 heterocycles. The first-order valence-electron chi connectivity index (χ1n) is 8.71. The second-order valence-electron chi connectivity index (χ2n) is 6.21. The zero-order chi connectivity index (χ0) is 19.9. The van der Waals surface area contributed by atoms with Crippen LogP contribution in [0.5, 0.6) is 5.75 Å². The number of benzene rings is 1. The highest BCUT2D eigenvalue weighted by Gasteiger charge is 2.26. The van der Waals surface area contributed by atoms with Gasteiger partial charge in [0.1, 0.15) is 10.6 Å². The molecule has 0 saturated carbocycles. The van der Waals surface area contributed by atoms with E-state index in [0.29, 0.717) is 6.54 Å². The lowest BCUT2D eigenvalue weighted by molar-refractivity contribution is -0.121. The number of likely N-dealkylation sites (N-methyl/N-ethyl adjacent to an activating group) is 1. The molecule has 1 aromatic carbocycles. The van der Waals surface area contributed by atoms with Crippen molar-refractivity contribution in [2.45, 2.75) is 11.3 Å². The molecule has 152 valence electrons. The monoisotopic (exact) mass is 419 g/mol. The van der Waals surface area contributed by atoms with E-state index in [-0.39, 0.29) is 28.1 Å². The Hall–Kier alpha value is -1.39. The fraction of sp³-hybridized carbons (Fsp3) is 0.588. The van der Waals surface area contributed by atoms with Crippen LogP contribution in [0, 0.1) is 0 Å². The van der Waals surface area contributed by atoms with Crippen LogP contribution < -0.4 is 10.1 Å². The molecule has 1 saturated heterocycles. The molecule has 1 aliphatic rings. The summed E-state index contributed by atoms with van der Waals surface area (Å²) in [5, 5.41) is 3.03. The highest BCUT2D eigenvalue weighted by molar-refractivity contribution is 7.89. The summed E-state index contributed by atoms with van der Waals surface area (Å²) in [5.41, 5.74) is 0. The van der Waals surface area contributed by atoms with E-state index in [4.69, 9.17) is 21.1 Å². The minimum atomic E-state index is -3.91. The largest absolute Gasteiger partial charge is 0.495 e. The van der Waals surface area contributed by atoms with Gasteiger partial charge in [-0.1, -0.05) is 11.6 Å². The molecule has 0 unspecified atom stereocenters. The molecule has 2 rings (SSSR count). The molecule has 0 aliphatic carbocycles. The highest BCUT2D eigenvalue weighted by Crippen LogP contribution is 2.28. The van der Waals surface area contributed by atoms with Crippen molar-refractivity contribution in [3.63, 3.8) is 0 Å². The molecular formula is C17H26ClN3O5S. The number of hydrogen-bond donors (Lipinski definition) is 1. The zero-order valence-electron chi connectivity index (χ0n) is 15.6. The van der Waals surface area contributed by atoms with Gasteiger partial charge in [-0.05, 0) is 31.2 Å². The van der Waals surface area contributed by atoms with Crippen molar-refractivity contribution in [2.75, 3.05) is 60.1 Å². The second kappa shape index (κ2) is 10.2. The Morgan fingerprint density at radius 1 is 1.37 bits per heavy atom. The van der Waals surface area contributed by atoms with Gasteiger partial charge in [-0.15, -0.1) is 0 Å². The third kappa shape index (κ3) is 6.32. The van der Waals surface area contributed by atoms with E-state index in [1.807, 2.05) is 0 Å². The summed E-state index contributed by atoms with van der Waals surface area (Å²) in [5.74, 6) is -0.179. The van der Waals surface area contributed by atoms with E-state index in [9.17, 15) is 13.2 Å². The number of hydrogen-bond acceptors (Lipinski definition) is 6. The zero-order valence-corrected chi connectivity index (χ0v) is 17.2. The van der Waals surface area contributed by atoms with Crippen LogP contribution in [0.3, 0.4) is 0 Å². The number of ether oxygens (including phenoxy) is 2. The Morgan fingerprint density at radius 2 is 2.07 bits per heavy atom. The third-order valence-corrected chi connectivity index (χ3v) is 6.32. The Balaban J connectivity index is 1.85. The van der Waals surface area contributed by atoms with Crippen LogP contribution in [-0.2, 0) is 19.6 Å². The van der Waals surface area contributed by atoms with Gasteiger partial charge in [-0.3, -0.25) is 9.69 Å². The number of halogens is 1. The first-order valence-corrected chi connectivity index (χ1v) is 10.5. The van der Waals surface area contributed by atoms with Gasteiger partial charge in [0.25, 0.3) is 0 Å². The molecule has 1 fully saturated rings. The van der Waals surface area contributed by atoms with Gasteiger partial charge in [0.2, 0.25) is 15.9 Å². The highest BCUT2D eigenvalue weighted by atomic mass is 35.5. The van der Waals surface area contributed by atoms with Crippen LogP contribution in [0.25, 0.3) is 0 Å². The summed E-state index contributed by atoms with van der Waals surface area (Å²) < 4.78 is 36.8. The van der Waals surface area contributed by atoms with Crippen LogP contribution in [0.15, 0.2) is 23.1 Å². The molecule has 0 atom stereocenters. The Labute approximate surface area is 165 Å². The molecule has 1 aliphatic heterocycles. The Kier molecular flexibility index (Phi) is 8.30. The summed E-state index contributed by atoms with van der Waals surface area (Å²) in [7, 11) is -1.18. The Bertz CT molecular complexity index is 738. The SMILES string of the molecule is COc1ccc(Cl)cc1S(=O)(=O)N(C)CC(=O)NCCCN1CCOCC1. The van der Waals surface area contributed by atoms with Crippen molar-refractivity contribution < 1.29 is 22.7 Å². The number of carbonyl (C=O) groups is 1. The molecule has 27 heavy (non-hydrogen) atoms. The van der Waals surface area contributed by atoms with Crippen molar-refractivity contribution >= 4 is 27.5 Å². The Morgan fingerprint density at radius 3 is 2.74 bits per heavy atom. The summed E-state index contributed by atoms with van der Waals surface area (Å²) >= 11 is 5.91. The normalized spacial score (nSPS) is 15.7. The maximum absolute atomic E-state index is 12.7. The number of sulfonamides is 1. The summed E-state index contributed by atoms with van der Waals surface area (Å²) in [6, 6.07) is 4.34. The van der Waals surface area contributed by atoms with Crippen molar-refractivity contribution in [1.29, 1.82) is 0 Å². The summed E-state index contributed by atoms with van der Waals surface area (Å²) in [6.45, 7) is 4.36. The predicted molar refractivity (Wildman–Crippen MR) is 103 cm³/mol. The van der Waals surface area contributed by atoms with E-state index >= 15 is 0 Å². The lowest BCUT2D eigenvalue weighted by Gasteiger charge is -2.26. The first kappa shape index (κ1) is 21.9. The van der Waals surface area contributed by atoms with Gasteiger partial charge < -0.3 is 14.8 Å². The maximum atomic E-state index is 12.7. The fourth-order valence-corrected chi connectivity index (χ4v) is 4.26. The molecule has 1 aromatic rings. The van der Waals surface area contributed by atoms with Crippen molar-refractivity contribution in [2.24, 2.45) is 0 Å². The van der Waals surface area contributed by atoms with Crippen molar-refractivity contribution in [3.05, 3.63) is 23.2 Å². The molecule has 0 spiro atoms. The number of amides is 1. The topological polar surface area (TPSA) is 88.2 Å². The number of nitrogens with one attached hydrogen (secondary N) is 1. The van der Waals surface area contributed by atoms with Crippen LogP contribution >= 0.6 is 11.6 Å². The molecule has 1 amide bonds. The molecule has 0 radical (unpaired) electrons. The second-order valence-corrected chi connectivity index (χ2v) is 8.66. The van der Waals surface area contributed by atoms with Crippen LogP contribution in [0.2, 0.25) is 5.02 Å². The summed E-state index contributed by atoms with van der Waals surface area (Å²) in [6.07, 6.45) is 0.796. The number of methoxy groups -OCH3 is 1. The minimum absolute atomic E-state index is 0.0693. The number of carbonyl (C=O) groups excluding carboxylic acids is 1. The molecule has 10 heteroatoms. The third-order valence-electron chi connectivity index (χ3n) is 4.26. The van der Waals surface area contributed by atoms with Gasteiger partial charge in [0.05, 0.1) is 26.9 Å². The molecule has 1 N–H and O–H groups in total. The van der Waals surface area contributed by atoms with Crippen molar-refractivity contribution in [3.8, 4) is 5.75 Å². The van der Waals surface area contributed by atoms with Crippen LogP contribution in [-0.4, -0.2) is 83.6 Å². The van der Waals surface area contributed by atoms with Gasteiger partial charge in [0, 0.05) is 31.7 Å². The minimum Gasteiger partial charge on any atom is -0.495 e. The molecule has 8 nitrogen and oxygen atoms in total. The van der Waals surface area contributed by atoms with E-state index in [0.717, 1.165) is 43.6 Å². The van der Waals surface area contributed by atoms with Gasteiger partial charge in [0.15, 0.2) is 0 Å². The number of rotatable bonds is 9. The molecule has 0 bridgehead atoms. The average molecular weight is 420 g/mol. The fourth-order valence-electron chi connectivity index (χ4n) is 2.72. The maximum Gasteiger partial charge on any atom is 0.247 e. The van der Waals surface area contributed by atoms with Crippen molar-refractivity contribution in [1.82, 2.24) is 14.5 Å². The number of nitrogens with zero attached hydrogens (tertiary/aromatic N) is 2. The quantitative estimate of drug-likeness (QED) is 0.596. The van der Waals surface area contributed by atoms with E-state index in [1.165, 1.54) is 26.3 Å². The van der Waals surface area contributed by atoms with Gasteiger partial charge in [-0.25, -0.2) is 8.42 Å². The van der Waals surface area contributed by atoms with E-state index in [1.54, 1.807) is 6.07 Å². The standard InChI is InChI=1S/C17H26ClN3O5S/c1-20(27(23,24)16-12-14(18)4-5-15(16)25-2)13-17(22)19-6-3-7-21-8-10-26-11-9-21/h4-5,12H,3,6-11,13H2,1-2H3,(H,19,22). The van der Waals surface area contributed by atoms with Crippen LogP contribution in [0.4, 0.5) is 0 Å².